The topological polar surface area (TPSA) is 20.2 Å². The van der Waals surface area contributed by atoms with Crippen LogP contribution in [0.4, 0.5) is 8.78 Å². The molecule has 74 valence electrons. The van der Waals surface area contributed by atoms with Crippen LogP contribution in [0, 0.1) is 24.0 Å². The highest BCUT2D eigenvalue weighted by atomic mass is 79.9. The first-order valence-electron chi connectivity index (χ1n) is 3.82. The molecule has 0 amide bonds. The van der Waals surface area contributed by atoms with Gasteiger partial charge >= 0.3 is 0 Å². The van der Waals surface area contributed by atoms with Gasteiger partial charge in [-0.15, -0.1) is 12.3 Å². The normalized spacial score (nSPS) is 12.2. The summed E-state index contributed by atoms with van der Waals surface area (Å²) in [5.74, 6) is 0.261. The van der Waals surface area contributed by atoms with E-state index in [0.717, 1.165) is 6.07 Å². The molecule has 0 aromatic heterocycles. The van der Waals surface area contributed by atoms with E-state index in [-0.39, 0.29) is 16.5 Å². The van der Waals surface area contributed by atoms with Crippen LogP contribution in [0.25, 0.3) is 0 Å². The molecule has 1 N–H and O–H groups in total. The number of aliphatic hydroxyl groups excluding tert-OH is 1. The average Bonchev–Trinajstić information content (AvgIpc) is 2.15. The van der Waals surface area contributed by atoms with Crippen LogP contribution in [0.15, 0.2) is 16.6 Å². The van der Waals surface area contributed by atoms with Crippen molar-refractivity contribution in [2.75, 3.05) is 0 Å². The van der Waals surface area contributed by atoms with Gasteiger partial charge in [0, 0.05) is 6.42 Å². The fourth-order valence-corrected chi connectivity index (χ4v) is 1.61. The van der Waals surface area contributed by atoms with Crippen LogP contribution in [0.3, 0.4) is 0 Å². The molecule has 0 spiro atoms. The lowest BCUT2D eigenvalue weighted by molar-refractivity contribution is 0.182. The SMILES string of the molecule is C#CCC(O)c1ccc(F)c(F)c1Br. The average molecular weight is 261 g/mol. The first-order chi connectivity index (χ1) is 6.57. The van der Waals surface area contributed by atoms with Crippen LogP contribution in [0.1, 0.15) is 18.1 Å². The Balaban J connectivity index is 3.12. The van der Waals surface area contributed by atoms with Crippen molar-refractivity contribution in [2.45, 2.75) is 12.5 Å². The molecule has 1 aromatic rings. The first kappa shape index (κ1) is 11.2. The second-order valence-electron chi connectivity index (χ2n) is 2.69. The van der Waals surface area contributed by atoms with Gasteiger partial charge in [-0.3, -0.25) is 0 Å². The molecule has 1 nitrogen and oxygen atoms in total. The third-order valence-corrected chi connectivity index (χ3v) is 2.54. The van der Waals surface area contributed by atoms with Crippen LogP contribution in [-0.2, 0) is 0 Å². The van der Waals surface area contributed by atoms with Crippen molar-refractivity contribution < 1.29 is 13.9 Å². The van der Waals surface area contributed by atoms with E-state index < -0.39 is 17.7 Å². The zero-order chi connectivity index (χ0) is 10.7. The number of rotatable bonds is 2. The van der Waals surface area contributed by atoms with Gasteiger partial charge in [-0.1, -0.05) is 6.07 Å². The Labute approximate surface area is 88.9 Å². The van der Waals surface area contributed by atoms with Crippen LogP contribution in [0.2, 0.25) is 0 Å². The first-order valence-corrected chi connectivity index (χ1v) is 4.62. The molecule has 0 aliphatic heterocycles. The van der Waals surface area contributed by atoms with E-state index >= 15 is 0 Å². The number of halogens is 3. The van der Waals surface area contributed by atoms with E-state index in [4.69, 9.17) is 6.42 Å². The molecule has 1 aromatic carbocycles. The van der Waals surface area contributed by atoms with E-state index in [1.54, 1.807) is 0 Å². The summed E-state index contributed by atoms with van der Waals surface area (Å²) in [7, 11) is 0. The minimum atomic E-state index is -1.02. The van der Waals surface area contributed by atoms with Crippen molar-refractivity contribution in [1.82, 2.24) is 0 Å². The van der Waals surface area contributed by atoms with Gasteiger partial charge in [-0.2, -0.15) is 0 Å². The molecule has 0 heterocycles. The molecule has 0 saturated heterocycles. The largest absolute Gasteiger partial charge is 0.387 e. The van der Waals surface area contributed by atoms with Crippen molar-refractivity contribution >= 4 is 15.9 Å². The second-order valence-corrected chi connectivity index (χ2v) is 3.48. The van der Waals surface area contributed by atoms with Gasteiger partial charge in [-0.25, -0.2) is 8.78 Å². The van der Waals surface area contributed by atoms with Crippen LogP contribution >= 0.6 is 15.9 Å². The Morgan fingerprint density at radius 3 is 2.71 bits per heavy atom. The third kappa shape index (κ3) is 2.11. The Bertz CT molecular complexity index is 384. The molecule has 0 bridgehead atoms. The highest BCUT2D eigenvalue weighted by Crippen LogP contribution is 2.29. The molecule has 1 unspecified atom stereocenters. The fourth-order valence-electron chi connectivity index (χ4n) is 1.02. The maximum Gasteiger partial charge on any atom is 0.173 e. The summed E-state index contributed by atoms with van der Waals surface area (Å²) >= 11 is 2.86. The summed E-state index contributed by atoms with van der Waals surface area (Å²) in [5, 5.41) is 9.46. The molecule has 4 heteroatoms. The van der Waals surface area contributed by atoms with E-state index in [1.807, 2.05) is 0 Å². The van der Waals surface area contributed by atoms with Crippen LogP contribution in [-0.4, -0.2) is 5.11 Å². The molecule has 0 saturated carbocycles. The minimum Gasteiger partial charge on any atom is -0.387 e. The predicted molar refractivity (Wildman–Crippen MR) is 52.5 cm³/mol. The quantitative estimate of drug-likeness (QED) is 0.641. The zero-order valence-corrected chi connectivity index (χ0v) is 8.68. The Morgan fingerprint density at radius 1 is 1.50 bits per heavy atom. The van der Waals surface area contributed by atoms with Crippen molar-refractivity contribution in [3.05, 3.63) is 33.8 Å². The maximum absolute atomic E-state index is 13.0. The van der Waals surface area contributed by atoms with Gasteiger partial charge in [0.05, 0.1) is 10.6 Å². The number of hydrogen-bond donors (Lipinski definition) is 1. The smallest absolute Gasteiger partial charge is 0.173 e. The molecular weight excluding hydrogens is 254 g/mol. The molecule has 0 aliphatic rings. The van der Waals surface area contributed by atoms with Crippen molar-refractivity contribution in [3.63, 3.8) is 0 Å². The van der Waals surface area contributed by atoms with E-state index in [2.05, 4.69) is 21.9 Å². The Hall–Kier alpha value is -0.920. The van der Waals surface area contributed by atoms with Crippen LogP contribution in [0.5, 0.6) is 0 Å². The minimum absolute atomic E-state index is 0.0592. The van der Waals surface area contributed by atoms with E-state index in [1.165, 1.54) is 6.07 Å². The molecule has 1 rings (SSSR count). The third-order valence-electron chi connectivity index (χ3n) is 1.74. The number of terminal acetylenes is 1. The van der Waals surface area contributed by atoms with Crippen molar-refractivity contribution in [3.8, 4) is 12.3 Å². The van der Waals surface area contributed by atoms with Gasteiger partial charge in [0.25, 0.3) is 0 Å². The maximum atomic E-state index is 13.0. The fraction of sp³-hybridized carbons (Fsp3) is 0.200. The Kier molecular flexibility index (Phi) is 3.62. The summed E-state index contributed by atoms with van der Waals surface area (Å²) < 4.78 is 25.6. The van der Waals surface area contributed by atoms with Gasteiger partial charge in [0.2, 0.25) is 0 Å². The Morgan fingerprint density at radius 2 is 2.14 bits per heavy atom. The van der Waals surface area contributed by atoms with E-state index in [9.17, 15) is 13.9 Å². The van der Waals surface area contributed by atoms with Crippen molar-refractivity contribution in [1.29, 1.82) is 0 Å². The summed E-state index contributed by atoms with van der Waals surface area (Å²) in [6.07, 6.45) is 4.07. The summed E-state index contributed by atoms with van der Waals surface area (Å²) in [5.41, 5.74) is 0.252. The summed E-state index contributed by atoms with van der Waals surface area (Å²) in [6, 6.07) is 2.25. The highest BCUT2D eigenvalue weighted by Gasteiger charge is 2.16. The van der Waals surface area contributed by atoms with Gasteiger partial charge in [0.1, 0.15) is 0 Å². The summed E-state index contributed by atoms with van der Waals surface area (Å²) in [6.45, 7) is 0. The predicted octanol–water partition coefficient (Wildman–Crippen LogP) is 2.78. The van der Waals surface area contributed by atoms with Gasteiger partial charge in [0.15, 0.2) is 11.6 Å². The summed E-state index contributed by atoms with van der Waals surface area (Å²) in [4.78, 5) is 0. The molecule has 0 radical (unpaired) electrons. The molecule has 1 atom stereocenters. The monoisotopic (exact) mass is 260 g/mol. The molecular formula is C10H7BrF2O. The van der Waals surface area contributed by atoms with Crippen LogP contribution < -0.4 is 0 Å². The van der Waals surface area contributed by atoms with Gasteiger partial charge < -0.3 is 5.11 Å². The van der Waals surface area contributed by atoms with E-state index in [0.29, 0.717) is 0 Å². The van der Waals surface area contributed by atoms with Crippen molar-refractivity contribution in [2.24, 2.45) is 0 Å². The molecule has 0 aliphatic carbocycles. The lowest BCUT2D eigenvalue weighted by Crippen LogP contribution is -2.00. The lowest BCUT2D eigenvalue weighted by atomic mass is 10.1. The standard InChI is InChI=1S/C10H7BrF2O/c1-2-3-8(14)6-4-5-7(12)10(13)9(6)11/h1,4-5,8,14H,3H2. The van der Waals surface area contributed by atoms with Gasteiger partial charge in [-0.05, 0) is 27.6 Å². The molecule has 0 fully saturated rings. The second kappa shape index (κ2) is 4.54. The number of hydrogen-bond acceptors (Lipinski definition) is 1. The number of aliphatic hydroxyl groups is 1. The zero-order valence-electron chi connectivity index (χ0n) is 7.10. The lowest BCUT2D eigenvalue weighted by Gasteiger charge is -2.10. The molecule has 14 heavy (non-hydrogen) atoms. The number of benzene rings is 1. The highest BCUT2D eigenvalue weighted by molar-refractivity contribution is 9.10.